The van der Waals surface area contributed by atoms with E-state index in [2.05, 4.69) is 27.7 Å². The fourth-order valence-electron chi connectivity index (χ4n) is 3.00. The van der Waals surface area contributed by atoms with Gasteiger partial charge in [0.1, 0.15) is 0 Å². The molecule has 0 radical (unpaired) electrons. The van der Waals surface area contributed by atoms with E-state index < -0.39 is 0 Å². The molecule has 1 aromatic rings. The normalized spacial score (nSPS) is 26.0. The Morgan fingerprint density at radius 2 is 2.05 bits per heavy atom. The smallest absolute Gasteiger partial charge is 0.231 e. The molecule has 2 saturated heterocycles. The van der Waals surface area contributed by atoms with Gasteiger partial charge in [-0.3, -0.25) is 9.69 Å². The summed E-state index contributed by atoms with van der Waals surface area (Å²) in [4.78, 5) is 14.8. The number of nitrogens with one attached hydrogen (secondary N) is 2. The summed E-state index contributed by atoms with van der Waals surface area (Å²) in [5.41, 5.74) is 1.87. The van der Waals surface area contributed by atoms with E-state index in [1.165, 1.54) is 5.56 Å². The van der Waals surface area contributed by atoms with Crippen molar-refractivity contribution in [2.24, 2.45) is 5.41 Å². The predicted octanol–water partition coefficient (Wildman–Crippen LogP) is 1.46. The molecule has 2 aliphatic heterocycles. The molecular weight excluding hydrogens is 278 g/mol. The molecule has 1 aromatic carbocycles. The third kappa shape index (κ3) is 3.66. The van der Waals surface area contributed by atoms with Crippen molar-refractivity contribution >= 4 is 11.6 Å². The molecule has 2 fully saturated rings. The van der Waals surface area contributed by atoms with Crippen LogP contribution in [0.3, 0.4) is 0 Å². The van der Waals surface area contributed by atoms with Gasteiger partial charge in [-0.15, -0.1) is 0 Å². The first-order valence-corrected chi connectivity index (χ1v) is 8.07. The van der Waals surface area contributed by atoms with E-state index in [1.807, 2.05) is 19.1 Å². The molecule has 5 heteroatoms. The summed E-state index contributed by atoms with van der Waals surface area (Å²) < 4.78 is 5.36. The maximum Gasteiger partial charge on any atom is 0.231 e. The number of rotatable bonds is 4. The highest BCUT2D eigenvalue weighted by Gasteiger charge is 2.36. The van der Waals surface area contributed by atoms with Gasteiger partial charge in [-0.1, -0.05) is 12.1 Å². The van der Waals surface area contributed by atoms with Gasteiger partial charge in [-0.2, -0.15) is 0 Å². The van der Waals surface area contributed by atoms with E-state index in [4.69, 9.17) is 4.74 Å². The molecule has 2 aliphatic rings. The molecule has 0 aromatic heterocycles. The number of hydrogen-bond donors (Lipinski definition) is 2. The highest BCUT2D eigenvalue weighted by atomic mass is 16.5. The molecular formula is C17H25N3O2. The molecule has 3 rings (SSSR count). The Kier molecular flexibility index (Phi) is 4.76. The van der Waals surface area contributed by atoms with Crippen LogP contribution in [-0.2, 0) is 16.1 Å². The predicted molar refractivity (Wildman–Crippen MR) is 86.8 cm³/mol. The highest BCUT2D eigenvalue weighted by molar-refractivity contribution is 5.95. The molecule has 2 heterocycles. The van der Waals surface area contributed by atoms with Gasteiger partial charge in [-0.05, 0) is 37.6 Å². The summed E-state index contributed by atoms with van der Waals surface area (Å²) in [6.07, 6.45) is 0.897. The lowest BCUT2D eigenvalue weighted by Crippen LogP contribution is -2.35. The van der Waals surface area contributed by atoms with Gasteiger partial charge in [-0.25, -0.2) is 0 Å². The zero-order chi connectivity index (χ0) is 15.4. The molecule has 0 aliphatic carbocycles. The standard InChI is InChI=1S/C17H25N3O2/c1-17(6-7-18-13-17)16(21)19-15-4-2-14(3-5-15)12-20-8-10-22-11-9-20/h2-5,18H,6-13H2,1H3,(H,19,21). The minimum Gasteiger partial charge on any atom is -0.379 e. The van der Waals surface area contributed by atoms with Crippen molar-refractivity contribution in [1.29, 1.82) is 0 Å². The Labute approximate surface area is 132 Å². The molecule has 22 heavy (non-hydrogen) atoms. The number of ether oxygens (including phenoxy) is 1. The van der Waals surface area contributed by atoms with Crippen molar-refractivity contribution in [3.05, 3.63) is 29.8 Å². The lowest BCUT2D eigenvalue weighted by Gasteiger charge is -2.26. The first kappa shape index (κ1) is 15.5. The van der Waals surface area contributed by atoms with Crippen LogP contribution in [-0.4, -0.2) is 50.2 Å². The maximum atomic E-state index is 12.4. The average Bonchev–Trinajstić information content (AvgIpc) is 2.98. The summed E-state index contributed by atoms with van der Waals surface area (Å²) in [5.74, 6) is 0.110. The van der Waals surface area contributed by atoms with Crippen LogP contribution in [0.5, 0.6) is 0 Å². The Balaban J connectivity index is 1.55. The molecule has 0 spiro atoms. The number of benzene rings is 1. The van der Waals surface area contributed by atoms with Crippen LogP contribution in [0.2, 0.25) is 0 Å². The molecule has 0 saturated carbocycles. The first-order chi connectivity index (χ1) is 10.7. The van der Waals surface area contributed by atoms with E-state index in [9.17, 15) is 4.79 Å². The van der Waals surface area contributed by atoms with Gasteiger partial charge in [0.2, 0.25) is 5.91 Å². The topological polar surface area (TPSA) is 53.6 Å². The van der Waals surface area contributed by atoms with Crippen LogP contribution >= 0.6 is 0 Å². The summed E-state index contributed by atoms with van der Waals surface area (Å²) in [7, 11) is 0. The zero-order valence-corrected chi connectivity index (χ0v) is 13.2. The van der Waals surface area contributed by atoms with Crippen molar-refractivity contribution in [3.63, 3.8) is 0 Å². The number of carbonyl (C=O) groups is 1. The van der Waals surface area contributed by atoms with Gasteiger partial charge in [0.25, 0.3) is 0 Å². The Morgan fingerprint density at radius 3 is 2.68 bits per heavy atom. The van der Waals surface area contributed by atoms with Crippen LogP contribution < -0.4 is 10.6 Å². The number of hydrogen-bond acceptors (Lipinski definition) is 4. The van der Waals surface area contributed by atoms with E-state index in [-0.39, 0.29) is 11.3 Å². The van der Waals surface area contributed by atoms with E-state index >= 15 is 0 Å². The van der Waals surface area contributed by atoms with Gasteiger partial charge >= 0.3 is 0 Å². The van der Waals surface area contributed by atoms with Crippen LogP contribution in [0.25, 0.3) is 0 Å². The SMILES string of the molecule is CC1(C(=O)Nc2ccc(CN3CCOCC3)cc2)CCNC1. The van der Waals surface area contributed by atoms with E-state index in [0.29, 0.717) is 0 Å². The highest BCUT2D eigenvalue weighted by Crippen LogP contribution is 2.26. The fourth-order valence-corrected chi connectivity index (χ4v) is 3.00. The molecule has 1 amide bonds. The molecule has 5 nitrogen and oxygen atoms in total. The van der Waals surface area contributed by atoms with Crippen LogP contribution in [0.4, 0.5) is 5.69 Å². The van der Waals surface area contributed by atoms with Gasteiger partial charge in [0.05, 0.1) is 18.6 Å². The number of nitrogens with zero attached hydrogens (tertiary/aromatic N) is 1. The lowest BCUT2D eigenvalue weighted by atomic mass is 9.89. The second kappa shape index (κ2) is 6.77. The number of anilines is 1. The Hall–Kier alpha value is -1.43. The quantitative estimate of drug-likeness (QED) is 0.884. The number of carbonyl (C=O) groups excluding carboxylic acids is 1. The molecule has 2 N–H and O–H groups in total. The number of morpholine rings is 1. The Bertz CT molecular complexity index is 503. The summed E-state index contributed by atoms with van der Waals surface area (Å²) in [6, 6.07) is 8.19. The summed E-state index contributed by atoms with van der Waals surface area (Å²) in [6.45, 7) is 8.26. The Morgan fingerprint density at radius 1 is 1.32 bits per heavy atom. The van der Waals surface area contributed by atoms with Crippen molar-refractivity contribution in [2.75, 3.05) is 44.7 Å². The molecule has 1 atom stereocenters. The van der Waals surface area contributed by atoms with E-state index in [0.717, 1.165) is 58.0 Å². The van der Waals surface area contributed by atoms with Gasteiger partial charge in [0.15, 0.2) is 0 Å². The minimum absolute atomic E-state index is 0.110. The van der Waals surface area contributed by atoms with Gasteiger partial charge < -0.3 is 15.4 Å². The second-order valence-electron chi connectivity index (χ2n) is 6.53. The fraction of sp³-hybridized carbons (Fsp3) is 0.588. The summed E-state index contributed by atoms with van der Waals surface area (Å²) >= 11 is 0. The van der Waals surface area contributed by atoms with Crippen molar-refractivity contribution in [1.82, 2.24) is 10.2 Å². The first-order valence-electron chi connectivity index (χ1n) is 8.07. The molecule has 0 bridgehead atoms. The lowest BCUT2D eigenvalue weighted by molar-refractivity contribution is -0.123. The molecule has 120 valence electrons. The van der Waals surface area contributed by atoms with Crippen molar-refractivity contribution < 1.29 is 9.53 Å². The zero-order valence-electron chi connectivity index (χ0n) is 13.2. The summed E-state index contributed by atoms with van der Waals surface area (Å²) in [5, 5.41) is 6.30. The monoisotopic (exact) mass is 303 g/mol. The largest absolute Gasteiger partial charge is 0.379 e. The van der Waals surface area contributed by atoms with Crippen LogP contribution in [0.15, 0.2) is 24.3 Å². The minimum atomic E-state index is -0.285. The van der Waals surface area contributed by atoms with Crippen molar-refractivity contribution in [3.8, 4) is 0 Å². The maximum absolute atomic E-state index is 12.4. The number of amides is 1. The third-order valence-electron chi connectivity index (χ3n) is 4.64. The second-order valence-corrected chi connectivity index (χ2v) is 6.53. The van der Waals surface area contributed by atoms with E-state index in [1.54, 1.807) is 0 Å². The van der Waals surface area contributed by atoms with Crippen LogP contribution in [0, 0.1) is 5.41 Å². The van der Waals surface area contributed by atoms with Crippen molar-refractivity contribution in [2.45, 2.75) is 19.9 Å². The van der Waals surface area contributed by atoms with Gasteiger partial charge in [0, 0.05) is 31.9 Å². The molecule has 1 unspecified atom stereocenters. The van der Waals surface area contributed by atoms with Crippen LogP contribution in [0.1, 0.15) is 18.9 Å². The average molecular weight is 303 g/mol. The third-order valence-corrected chi connectivity index (χ3v) is 4.64.